The summed E-state index contributed by atoms with van der Waals surface area (Å²) in [5.74, 6) is -1.85. The summed E-state index contributed by atoms with van der Waals surface area (Å²) in [5.41, 5.74) is 2.83. The lowest BCUT2D eigenvalue weighted by Gasteiger charge is -2.09. The molecule has 2 amide bonds. The largest absolute Gasteiger partial charge is 0.326 e. The first kappa shape index (κ1) is 23.4. The van der Waals surface area contributed by atoms with E-state index in [-0.39, 0.29) is 23.8 Å². The highest BCUT2D eigenvalue weighted by molar-refractivity contribution is 7.99. The maximum atomic E-state index is 13.7. The van der Waals surface area contributed by atoms with E-state index in [2.05, 4.69) is 20.8 Å². The average Bonchev–Trinajstić information content (AvgIpc) is 3.12. The zero-order chi connectivity index (χ0) is 23.3. The van der Waals surface area contributed by atoms with Crippen LogP contribution < -0.4 is 10.6 Å². The molecule has 168 valence electrons. The molecule has 32 heavy (non-hydrogen) atoms. The second-order valence-corrected chi connectivity index (χ2v) is 8.07. The van der Waals surface area contributed by atoms with Crippen molar-refractivity contribution >= 4 is 35.0 Å². The number of hydrogen-bond donors (Lipinski definition) is 2. The van der Waals surface area contributed by atoms with Gasteiger partial charge >= 0.3 is 0 Å². The third-order valence-corrected chi connectivity index (χ3v) is 5.72. The SMILES string of the molecule is CCn1c(CC(=O)Nc2ccc(C)c(C)c2)nnc1SCC(=O)Nc1ccc(F)cc1F. The molecule has 0 atom stereocenters. The van der Waals surface area contributed by atoms with Crippen molar-refractivity contribution in [1.29, 1.82) is 0 Å². The van der Waals surface area contributed by atoms with Gasteiger partial charge in [-0.3, -0.25) is 9.59 Å². The Kier molecular flexibility index (Phi) is 7.57. The normalized spacial score (nSPS) is 10.8. The Morgan fingerprint density at radius 1 is 1.00 bits per heavy atom. The molecular weight excluding hydrogens is 436 g/mol. The highest BCUT2D eigenvalue weighted by Gasteiger charge is 2.17. The van der Waals surface area contributed by atoms with E-state index in [4.69, 9.17) is 0 Å². The average molecular weight is 460 g/mol. The summed E-state index contributed by atoms with van der Waals surface area (Å²) in [7, 11) is 0. The number of anilines is 2. The predicted octanol–water partition coefficient (Wildman–Crippen LogP) is 4.11. The van der Waals surface area contributed by atoms with E-state index >= 15 is 0 Å². The zero-order valence-electron chi connectivity index (χ0n) is 17.9. The fourth-order valence-electron chi connectivity index (χ4n) is 2.95. The molecule has 1 aromatic heterocycles. The van der Waals surface area contributed by atoms with E-state index in [0.29, 0.717) is 29.3 Å². The first-order chi connectivity index (χ1) is 15.3. The first-order valence-electron chi connectivity index (χ1n) is 9.93. The summed E-state index contributed by atoms with van der Waals surface area (Å²) < 4.78 is 28.4. The second-order valence-electron chi connectivity index (χ2n) is 7.13. The number of amides is 2. The van der Waals surface area contributed by atoms with Crippen LogP contribution in [0.25, 0.3) is 0 Å². The molecule has 0 aliphatic carbocycles. The number of carbonyl (C=O) groups is 2. The maximum Gasteiger partial charge on any atom is 0.234 e. The number of nitrogens with one attached hydrogen (secondary N) is 2. The number of aromatic nitrogens is 3. The van der Waals surface area contributed by atoms with E-state index < -0.39 is 17.5 Å². The van der Waals surface area contributed by atoms with Crippen molar-refractivity contribution in [3.05, 3.63) is 65.0 Å². The Morgan fingerprint density at radius 3 is 2.47 bits per heavy atom. The fourth-order valence-corrected chi connectivity index (χ4v) is 3.77. The van der Waals surface area contributed by atoms with Crippen LogP contribution in [0, 0.1) is 25.5 Å². The molecular formula is C22H23F2N5O2S. The van der Waals surface area contributed by atoms with Gasteiger partial charge in [0.15, 0.2) is 5.16 Å². The zero-order valence-corrected chi connectivity index (χ0v) is 18.7. The fraction of sp³-hybridized carbons (Fsp3) is 0.273. The van der Waals surface area contributed by atoms with Crippen LogP contribution in [0.15, 0.2) is 41.6 Å². The van der Waals surface area contributed by atoms with Crippen LogP contribution in [0.3, 0.4) is 0 Å². The molecule has 0 saturated heterocycles. The van der Waals surface area contributed by atoms with Crippen LogP contribution in [-0.4, -0.2) is 32.3 Å². The summed E-state index contributed by atoms with van der Waals surface area (Å²) in [6.07, 6.45) is 0.0291. The van der Waals surface area contributed by atoms with E-state index in [1.165, 1.54) is 0 Å². The summed E-state index contributed by atoms with van der Waals surface area (Å²) >= 11 is 1.11. The second kappa shape index (κ2) is 10.4. The van der Waals surface area contributed by atoms with Crippen LogP contribution >= 0.6 is 11.8 Å². The van der Waals surface area contributed by atoms with Gasteiger partial charge in [-0.05, 0) is 56.2 Å². The number of nitrogens with zero attached hydrogens (tertiary/aromatic N) is 3. The topological polar surface area (TPSA) is 88.9 Å². The number of hydrogen-bond acceptors (Lipinski definition) is 5. The van der Waals surface area contributed by atoms with Crippen molar-refractivity contribution < 1.29 is 18.4 Å². The maximum absolute atomic E-state index is 13.7. The summed E-state index contributed by atoms with van der Waals surface area (Å²) in [5, 5.41) is 13.9. The highest BCUT2D eigenvalue weighted by Crippen LogP contribution is 2.20. The smallest absolute Gasteiger partial charge is 0.234 e. The Labute approximate surface area is 188 Å². The number of halogens is 2. The monoisotopic (exact) mass is 459 g/mol. The lowest BCUT2D eigenvalue weighted by molar-refractivity contribution is -0.116. The van der Waals surface area contributed by atoms with Crippen LogP contribution in [0.4, 0.5) is 20.2 Å². The number of aryl methyl sites for hydroxylation is 2. The molecule has 0 radical (unpaired) electrons. The van der Waals surface area contributed by atoms with E-state index in [0.717, 1.165) is 35.0 Å². The standard InChI is InChI=1S/C22H23F2N5O2S/c1-4-29-19(11-20(30)25-16-7-5-13(2)14(3)9-16)27-28-22(29)32-12-21(31)26-18-8-6-15(23)10-17(18)24/h5-10H,4,11-12H2,1-3H3,(H,25,30)(H,26,31). The van der Waals surface area contributed by atoms with Gasteiger partial charge < -0.3 is 15.2 Å². The summed E-state index contributed by atoms with van der Waals surface area (Å²) in [6, 6.07) is 8.61. The molecule has 0 aliphatic rings. The van der Waals surface area contributed by atoms with Crippen LogP contribution in [0.2, 0.25) is 0 Å². The molecule has 3 aromatic rings. The molecule has 0 unspecified atom stereocenters. The van der Waals surface area contributed by atoms with Crippen LogP contribution in [0.5, 0.6) is 0 Å². The molecule has 3 rings (SSSR count). The minimum atomic E-state index is -0.850. The Balaban J connectivity index is 1.59. The Morgan fingerprint density at radius 2 is 1.78 bits per heavy atom. The molecule has 0 aliphatic heterocycles. The van der Waals surface area contributed by atoms with Gasteiger partial charge in [0.2, 0.25) is 11.8 Å². The minimum Gasteiger partial charge on any atom is -0.326 e. The van der Waals surface area contributed by atoms with Crippen molar-refractivity contribution in [2.24, 2.45) is 0 Å². The first-order valence-corrected chi connectivity index (χ1v) is 10.9. The van der Waals surface area contributed by atoms with Crippen molar-refractivity contribution in [2.45, 2.75) is 38.9 Å². The lowest BCUT2D eigenvalue weighted by Crippen LogP contribution is -2.18. The third kappa shape index (κ3) is 5.91. The van der Waals surface area contributed by atoms with E-state index in [9.17, 15) is 18.4 Å². The van der Waals surface area contributed by atoms with Crippen LogP contribution in [0.1, 0.15) is 23.9 Å². The molecule has 0 fully saturated rings. The highest BCUT2D eigenvalue weighted by atomic mass is 32.2. The van der Waals surface area contributed by atoms with Gasteiger partial charge in [0.1, 0.15) is 17.5 Å². The van der Waals surface area contributed by atoms with Gasteiger partial charge in [-0.1, -0.05) is 17.8 Å². The van der Waals surface area contributed by atoms with Gasteiger partial charge in [0, 0.05) is 18.3 Å². The molecule has 1 heterocycles. The van der Waals surface area contributed by atoms with Crippen molar-refractivity contribution in [2.75, 3.05) is 16.4 Å². The lowest BCUT2D eigenvalue weighted by atomic mass is 10.1. The Bertz CT molecular complexity index is 1150. The van der Waals surface area contributed by atoms with Gasteiger partial charge in [-0.15, -0.1) is 10.2 Å². The number of carbonyl (C=O) groups excluding carboxylic acids is 2. The van der Waals surface area contributed by atoms with Gasteiger partial charge in [-0.25, -0.2) is 8.78 Å². The van der Waals surface area contributed by atoms with Crippen molar-refractivity contribution in [3.8, 4) is 0 Å². The molecule has 2 N–H and O–H groups in total. The van der Waals surface area contributed by atoms with Crippen LogP contribution in [-0.2, 0) is 22.6 Å². The quantitative estimate of drug-likeness (QED) is 0.495. The number of thioether (sulfide) groups is 1. The van der Waals surface area contributed by atoms with Crippen molar-refractivity contribution in [3.63, 3.8) is 0 Å². The summed E-state index contributed by atoms with van der Waals surface area (Å²) in [4.78, 5) is 24.6. The van der Waals surface area contributed by atoms with E-state index in [1.54, 1.807) is 4.57 Å². The predicted molar refractivity (Wildman–Crippen MR) is 120 cm³/mol. The Hall–Kier alpha value is -3.27. The molecule has 0 spiro atoms. The minimum absolute atomic E-state index is 0.0291. The molecule has 0 saturated carbocycles. The summed E-state index contributed by atoms with van der Waals surface area (Å²) in [6.45, 7) is 6.37. The molecule has 0 bridgehead atoms. The molecule has 10 heteroatoms. The van der Waals surface area contributed by atoms with Gasteiger partial charge in [0.05, 0.1) is 17.9 Å². The number of benzene rings is 2. The molecule has 7 nitrogen and oxygen atoms in total. The molecule has 2 aromatic carbocycles. The van der Waals surface area contributed by atoms with Gasteiger partial charge in [-0.2, -0.15) is 0 Å². The number of rotatable bonds is 8. The van der Waals surface area contributed by atoms with Gasteiger partial charge in [0.25, 0.3) is 0 Å². The van der Waals surface area contributed by atoms with Crippen molar-refractivity contribution in [1.82, 2.24) is 14.8 Å². The van der Waals surface area contributed by atoms with E-state index in [1.807, 2.05) is 39.0 Å². The third-order valence-electron chi connectivity index (χ3n) is 4.76.